The molecule has 12 N–H and O–H groups in total. The Morgan fingerprint density at radius 1 is 0.603 bits per heavy atom. The number of carbonyl (C=O) groups is 4. The average molecular weight is 974 g/mol. The number of carboxylic acids is 2. The van der Waals surface area contributed by atoms with E-state index in [9.17, 15) is 70.2 Å². The predicted molar refractivity (Wildman–Crippen MR) is 215 cm³/mol. The number of aliphatic carboxylic acids is 2. The molecule has 374 valence electrons. The number of carboxylic acid groups (broad SMARTS) is 2. The van der Waals surface area contributed by atoms with Crippen molar-refractivity contribution in [1.29, 1.82) is 0 Å². The van der Waals surface area contributed by atoms with Gasteiger partial charge in [0, 0.05) is 24.3 Å². The van der Waals surface area contributed by atoms with E-state index in [4.69, 9.17) is 62.0 Å². The third-order valence-electron chi connectivity index (χ3n) is 10.8. The Hall–Kier alpha value is -5.95. The van der Waals surface area contributed by atoms with Crippen LogP contribution in [0.1, 0.15) is 19.8 Å². The molecule has 0 saturated carbocycles. The summed E-state index contributed by atoms with van der Waals surface area (Å²) in [5.74, 6) is -7.72. The van der Waals surface area contributed by atoms with E-state index in [0.29, 0.717) is 0 Å². The van der Waals surface area contributed by atoms with Gasteiger partial charge in [-0.2, -0.15) is 0 Å². The minimum Gasteiger partial charge on any atom is -0.507 e. The van der Waals surface area contributed by atoms with Gasteiger partial charge in [-0.25, -0.2) is 4.42 Å². The molecule has 4 heterocycles. The van der Waals surface area contributed by atoms with Crippen molar-refractivity contribution in [3.63, 3.8) is 0 Å². The second-order valence-corrected chi connectivity index (χ2v) is 15.6. The van der Waals surface area contributed by atoms with Crippen LogP contribution in [0.15, 0.2) is 34.7 Å². The third kappa shape index (κ3) is 11.3. The highest BCUT2D eigenvalue weighted by molar-refractivity contribution is 5.91. The maximum Gasteiger partial charge on any atom is 0.402 e. The number of methoxy groups -OCH3 is 2. The number of phenols is 2. The van der Waals surface area contributed by atoms with Gasteiger partial charge in [-0.3, -0.25) is 19.2 Å². The summed E-state index contributed by atoms with van der Waals surface area (Å²) in [6, 6.07) is 5.84. The maximum absolute atomic E-state index is 12.0. The first-order chi connectivity index (χ1) is 32.1. The highest BCUT2D eigenvalue weighted by Gasteiger charge is 2.50. The van der Waals surface area contributed by atoms with Crippen LogP contribution in [-0.2, 0) is 47.6 Å². The molecule has 15 atom stereocenters. The van der Waals surface area contributed by atoms with Crippen LogP contribution in [0.25, 0.3) is 22.3 Å². The molecule has 68 heavy (non-hydrogen) atoms. The monoisotopic (exact) mass is 973 g/mol. The topological polar surface area (TPSA) is 415 Å². The minimum atomic E-state index is -2.05. The van der Waals surface area contributed by atoms with Crippen molar-refractivity contribution in [2.45, 2.75) is 112 Å². The Balaban J connectivity index is 1.32. The highest BCUT2D eigenvalue weighted by Crippen LogP contribution is 2.46. The van der Waals surface area contributed by atoms with Crippen LogP contribution in [0.3, 0.4) is 0 Å². The number of fused-ring (bicyclic) bond motifs is 1. The van der Waals surface area contributed by atoms with E-state index in [-0.39, 0.29) is 45.3 Å². The summed E-state index contributed by atoms with van der Waals surface area (Å²) in [6.07, 6.45) is -29.2. The van der Waals surface area contributed by atoms with Gasteiger partial charge in [-0.05, 0) is 6.92 Å². The Morgan fingerprint density at radius 3 is 1.69 bits per heavy atom. The minimum absolute atomic E-state index is 0.0384. The van der Waals surface area contributed by atoms with Crippen LogP contribution in [0.4, 0.5) is 0 Å². The van der Waals surface area contributed by atoms with Crippen LogP contribution < -0.4 is 18.9 Å². The average Bonchev–Trinajstić information content (AvgIpc) is 3.28. The fraction of sp³-hybridized carbons (Fsp3) is 0.537. The Kier molecular flexibility index (Phi) is 16.3. The first kappa shape index (κ1) is 51.4. The second-order valence-electron chi connectivity index (χ2n) is 15.6. The van der Waals surface area contributed by atoms with Crippen molar-refractivity contribution in [3.05, 3.63) is 30.3 Å². The van der Waals surface area contributed by atoms with Crippen molar-refractivity contribution in [2.24, 2.45) is 0 Å². The lowest BCUT2D eigenvalue weighted by Gasteiger charge is -2.43. The van der Waals surface area contributed by atoms with Gasteiger partial charge in [0.2, 0.25) is 24.1 Å². The smallest absolute Gasteiger partial charge is 0.402 e. The van der Waals surface area contributed by atoms with E-state index in [1.807, 2.05) is 0 Å². The van der Waals surface area contributed by atoms with Crippen LogP contribution in [0.5, 0.6) is 34.5 Å². The van der Waals surface area contributed by atoms with Crippen LogP contribution in [0.2, 0.25) is 0 Å². The largest absolute Gasteiger partial charge is 0.507 e. The molecule has 0 bridgehead atoms. The fourth-order valence-electron chi connectivity index (χ4n) is 7.30. The standard InChI is InChI=1S/C41H48O27/c1-13-37(68-27(48)10-25(45)46)33(54)36(57)39(62-13)61-12-23-30(51)32(53)35(56)41(67-23)65-21-8-16-17(63-38(21)14-4-19(58-2)28(49)20(5-14)59-3)6-15(42)7-18(16)64-40-34(55)31(52)29(50)22(66-40)11-60-26(47)9-24(43)44/h4-8,13,22-23,29-37,39-41,50-57H,9-12H2,1-3H3,(H3-,42,43,44,45,46,49)/p+1. The van der Waals surface area contributed by atoms with Crippen LogP contribution >= 0.6 is 0 Å². The molecule has 3 saturated heterocycles. The number of aliphatic hydroxyl groups excluding tert-OH is 8. The number of phenolic OH excluding ortho intramolecular Hbond substituents is 2. The van der Waals surface area contributed by atoms with Gasteiger partial charge >= 0.3 is 35.2 Å². The van der Waals surface area contributed by atoms with E-state index in [1.165, 1.54) is 39.3 Å². The predicted octanol–water partition coefficient (Wildman–Crippen LogP) is -2.93. The van der Waals surface area contributed by atoms with Crippen LogP contribution in [0, 0.1) is 0 Å². The molecular formula is C41H49O27+. The summed E-state index contributed by atoms with van der Waals surface area (Å²) >= 11 is 0. The number of hydrogen-bond acceptors (Lipinski definition) is 24. The molecule has 3 aliphatic heterocycles. The van der Waals surface area contributed by atoms with Gasteiger partial charge < -0.3 is 109 Å². The molecule has 0 radical (unpaired) electrons. The molecule has 1 aromatic heterocycles. The summed E-state index contributed by atoms with van der Waals surface area (Å²) in [6.45, 7) is -0.213. The lowest BCUT2D eigenvalue weighted by atomic mass is 9.98. The number of aromatic hydroxyl groups is 2. The summed E-state index contributed by atoms with van der Waals surface area (Å²) in [7, 11) is 2.46. The summed E-state index contributed by atoms with van der Waals surface area (Å²) in [5, 5.41) is 126. The van der Waals surface area contributed by atoms with Gasteiger partial charge in [0.25, 0.3) is 0 Å². The number of hydrogen-bond donors (Lipinski definition) is 12. The van der Waals surface area contributed by atoms with Crippen molar-refractivity contribution in [3.8, 4) is 45.8 Å². The lowest BCUT2D eigenvalue weighted by Crippen LogP contribution is -2.62. The van der Waals surface area contributed by atoms with Gasteiger partial charge in [-0.15, -0.1) is 0 Å². The van der Waals surface area contributed by atoms with Gasteiger partial charge in [-0.1, -0.05) is 0 Å². The number of aliphatic hydroxyl groups is 8. The molecule has 3 aromatic rings. The molecule has 3 aliphatic rings. The first-order valence-corrected chi connectivity index (χ1v) is 20.4. The van der Waals surface area contributed by atoms with E-state index >= 15 is 0 Å². The molecule has 0 aliphatic carbocycles. The van der Waals surface area contributed by atoms with E-state index in [1.54, 1.807) is 0 Å². The van der Waals surface area contributed by atoms with Crippen molar-refractivity contribution in [2.75, 3.05) is 27.4 Å². The maximum atomic E-state index is 12.0. The van der Waals surface area contributed by atoms with Gasteiger partial charge in [0.05, 0.1) is 38.6 Å². The first-order valence-electron chi connectivity index (χ1n) is 20.4. The molecule has 15 unspecified atom stereocenters. The van der Waals surface area contributed by atoms with Gasteiger partial charge in [0.1, 0.15) is 97.4 Å². The number of esters is 2. The summed E-state index contributed by atoms with van der Waals surface area (Å²) in [5.41, 5.74) is -0.164. The second kappa shape index (κ2) is 21.6. The van der Waals surface area contributed by atoms with E-state index < -0.39 is 154 Å². The van der Waals surface area contributed by atoms with Crippen molar-refractivity contribution < 1.29 is 132 Å². The molecule has 27 heteroatoms. The van der Waals surface area contributed by atoms with E-state index in [2.05, 4.69) is 0 Å². The molecule has 0 spiro atoms. The number of rotatable bonds is 17. The van der Waals surface area contributed by atoms with Crippen molar-refractivity contribution >= 4 is 34.8 Å². The van der Waals surface area contributed by atoms with Gasteiger partial charge in [0.15, 0.2) is 23.9 Å². The van der Waals surface area contributed by atoms with Crippen molar-refractivity contribution in [1.82, 2.24) is 0 Å². The molecule has 2 aromatic carbocycles. The lowest BCUT2D eigenvalue weighted by molar-refractivity contribution is -0.319. The number of ether oxygens (including phenoxy) is 10. The van der Waals surface area contributed by atoms with E-state index in [0.717, 1.165) is 12.1 Å². The Bertz CT molecular complexity index is 2280. The molecule has 6 rings (SSSR count). The molecule has 27 nitrogen and oxygen atoms in total. The Labute approximate surface area is 382 Å². The number of carbonyl (C=O) groups excluding carboxylic acids is 2. The zero-order valence-electron chi connectivity index (χ0n) is 35.9. The Morgan fingerprint density at radius 2 is 1.13 bits per heavy atom. The normalized spacial score (nSPS) is 31.6. The zero-order valence-corrected chi connectivity index (χ0v) is 35.9. The molecular weight excluding hydrogens is 924 g/mol. The number of benzene rings is 2. The third-order valence-corrected chi connectivity index (χ3v) is 10.8. The highest BCUT2D eigenvalue weighted by atomic mass is 16.7. The summed E-state index contributed by atoms with van der Waals surface area (Å²) in [4.78, 5) is 45.7. The van der Waals surface area contributed by atoms with Crippen LogP contribution in [-0.4, -0.2) is 205 Å². The zero-order chi connectivity index (χ0) is 49.9. The quantitative estimate of drug-likeness (QED) is 0.0366. The molecule has 0 amide bonds. The SMILES string of the molecule is COc1cc(-c2[o+]c3cc(O)cc(OC4OC(COC(=O)CC(=O)O)C(O)C(O)C4O)c3cc2OC2OC(COC3OC(C)C(OC(=O)CC(=O)O)C(O)C3O)C(O)C(O)C2O)cc(OC)c1O. The summed E-state index contributed by atoms with van der Waals surface area (Å²) < 4.78 is 61.3. The fourth-order valence-corrected chi connectivity index (χ4v) is 7.30. The molecule has 3 fully saturated rings.